The van der Waals surface area contributed by atoms with Gasteiger partial charge in [0.15, 0.2) is 16.6 Å². The number of carbonyl (C=O) groups excluding carboxylic acids is 1. The van der Waals surface area contributed by atoms with Crippen LogP contribution in [0.3, 0.4) is 0 Å². The van der Waals surface area contributed by atoms with Crippen LogP contribution >= 0.6 is 23.2 Å². The molecule has 4 aromatic rings. The molecule has 0 bridgehead atoms. The minimum absolute atomic E-state index is 0.285. The summed E-state index contributed by atoms with van der Waals surface area (Å²) in [4.78, 5) is 22.8. The first-order valence-corrected chi connectivity index (χ1v) is 10.9. The molecule has 170 valence electrons. The van der Waals surface area contributed by atoms with E-state index in [4.69, 9.17) is 27.9 Å². The molecule has 33 heavy (non-hydrogen) atoms. The zero-order valence-corrected chi connectivity index (χ0v) is 19.0. The lowest BCUT2D eigenvalue weighted by molar-refractivity contribution is 0.0753. The summed E-state index contributed by atoms with van der Waals surface area (Å²) >= 11 is 12.4. The number of ether oxygens (including phenoxy) is 1. The van der Waals surface area contributed by atoms with Crippen molar-refractivity contribution in [2.45, 2.75) is 24.7 Å². The fraction of sp³-hybridized carbons (Fsp3) is 0.300. The van der Waals surface area contributed by atoms with Gasteiger partial charge in [-0.25, -0.2) is 19.3 Å². The van der Waals surface area contributed by atoms with E-state index in [1.54, 1.807) is 30.0 Å². The molecular formula is C20H19Cl2N9O2. The number of carbonyl (C=O) groups is 1. The molecule has 2 N–H and O–H groups in total. The predicted octanol–water partition coefficient (Wildman–Crippen LogP) is 3.72. The van der Waals surface area contributed by atoms with Gasteiger partial charge in [0.1, 0.15) is 0 Å². The van der Waals surface area contributed by atoms with Gasteiger partial charge >= 0.3 is 6.03 Å². The number of hydrogen-bond donors (Lipinski definition) is 2. The van der Waals surface area contributed by atoms with Crippen LogP contribution in [0.4, 0.5) is 16.2 Å². The number of nitrogens with one attached hydrogen (secondary N) is 2. The Balaban J connectivity index is 1.43. The number of aromatic nitrogens is 7. The maximum absolute atomic E-state index is 12.9. The highest BCUT2D eigenvalue weighted by atomic mass is 35.5. The first kappa shape index (κ1) is 21.6. The molecule has 5 rings (SSSR count). The minimum atomic E-state index is -0.481. The number of hydrogen-bond acceptors (Lipinski definition) is 7. The predicted molar refractivity (Wildman–Crippen MR) is 122 cm³/mol. The van der Waals surface area contributed by atoms with Gasteiger partial charge in [-0.05, 0) is 18.9 Å². The molecule has 1 saturated carbocycles. The molecule has 0 atom stereocenters. The van der Waals surface area contributed by atoms with E-state index in [0.717, 1.165) is 25.0 Å². The van der Waals surface area contributed by atoms with Crippen LogP contribution in [-0.2, 0) is 10.2 Å². The Labute approximate surface area is 198 Å². The van der Waals surface area contributed by atoms with Crippen LogP contribution in [0.25, 0.3) is 11.5 Å². The zero-order chi connectivity index (χ0) is 23.0. The number of amides is 2. The van der Waals surface area contributed by atoms with Gasteiger partial charge in [0.25, 0.3) is 0 Å². The lowest BCUT2D eigenvalue weighted by Gasteiger charge is -2.42. The molecule has 0 saturated heterocycles. The summed E-state index contributed by atoms with van der Waals surface area (Å²) in [5, 5.41) is 18.6. The van der Waals surface area contributed by atoms with E-state index in [1.807, 2.05) is 0 Å². The largest absolute Gasteiger partial charge is 0.384 e. The molecule has 2 amide bonds. The van der Waals surface area contributed by atoms with Gasteiger partial charge in [0, 0.05) is 18.6 Å². The average molecular weight is 488 g/mol. The summed E-state index contributed by atoms with van der Waals surface area (Å²) < 4.78 is 7.19. The molecule has 1 aliphatic carbocycles. The number of halogens is 2. The van der Waals surface area contributed by atoms with Gasteiger partial charge in [-0.3, -0.25) is 0 Å². The molecule has 0 radical (unpaired) electrons. The topological polar surface area (TPSA) is 124 Å². The second-order valence-corrected chi connectivity index (χ2v) is 8.55. The Hall–Kier alpha value is -3.28. The van der Waals surface area contributed by atoms with Crippen LogP contribution in [0.2, 0.25) is 10.2 Å². The summed E-state index contributed by atoms with van der Waals surface area (Å²) in [6, 6.07) is 2.77. The molecule has 1 fully saturated rings. The SMILES string of the molecule is COCC1(c2c(NC(=O)Nc3cnc(-n4nccn4)c(Cl)c3)cnc3cc(Cl)nn23)CCC1. The number of fused-ring (bicyclic) bond motifs is 1. The summed E-state index contributed by atoms with van der Waals surface area (Å²) in [5.74, 6) is 0.353. The van der Waals surface area contributed by atoms with Crippen LogP contribution in [0.5, 0.6) is 0 Å². The number of methoxy groups -OCH3 is 1. The zero-order valence-electron chi connectivity index (χ0n) is 17.5. The Morgan fingerprint density at radius 1 is 1.15 bits per heavy atom. The van der Waals surface area contributed by atoms with Crippen molar-refractivity contribution in [3.63, 3.8) is 0 Å². The van der Waals surface area contributed by atoms with Crippen LogP contribution in [0.1, 0.15) is 25.0 Å². The van der Waals surface area contributed by atoms with Crippen molar-refractivity contribution in [1.82, 2.24) is 34.6 Å². The number of nitrogens with zero attached hydrogens (tertiary/aromatic N) is 7. The number of anilines is 2. The highest BCUT2D eigenvalue weighted by Crippen LogP contribution is 2.46. The molecule has 0 aromatic carbocycles. The van der Waals surface area contributed by atoms with Gasteiger partial charge in [-0.1, -0.05) is 29.6 Å². The summed E-state index contributed by atoms with van der Waals surface area (Å²) in [7, 11) is 1.66. The average Bonchev–Trinajstić information content (AvgIpc) is 3.40. The van der Waals surface area contributed by atoms with Crippen molar-refractivity contribution in [3.8, 4) is 5.82 Å². The monoisotopic (exact) mass is 487 g/mol. The normalized spacial score (nSPS) is 14.8. The molecule has 0 aliphatic heterocycles. The molecular weight excluding hydrogens is 469 g/mol. The fourth-order valence-electron chi connectivity index (χ4n) is 4.09. The van der Waals surface area contributed by atoms with Crippen molar-refractivity contribution in [3.05, 3.63) is 52.8 Å². The summed E-state index contributed by atoms with van der Waals surface area (Å²) in [5.41, 5.74) is 2.03. The van der Waals surface area contributed by atoms with Crippen LogP contribution < -0.4 is 10.6 Å². The van der Waals surface area contributed by atoms with Crippen molar-refractivity contribution in [2.75, 3.05) is 24.4 Å². The van der Waals surface area contributed by atoms with Gasteiger partial charge in [0.05, 0.1) is 53.5 Å². The van der Waals surface area contributed by atoms with Gasteiger partial charge < -0.3 is 15.4 Å². The standard InChI is InChI=1S/C20H19Cl2N9O2/c1-33-11-20(3-2-4-20)17-14(10-23-16-8-15(22)29-30(16)17)28-19(32)27-12-7-13(21)18(24-9-12)31-25-5-6-26-31/h5-10H,2-4,11H2,1H3,(H2,27,28,32). The van der Waals surface area contributed by atoms with Crippen LogP contribution in [0.15, 0.2) is 36.9 Å². The highest BCUT2D eigenvalue weighted by Gasteiger charge is 2.43. The van der Waals surface area contributed by atoms with E-state index in [1.165, 1.54) is 23.4 Å². The fourth-order valence-corrected chi connectivity index (χ4v) is 4.51. The second kappa shape index (κ2) is 8.58. The van der Waals surface area contributed by atoms with Crippen molar-refractivity contribution < 1.29 is 9.53 Å². The van der Waals surface area contributed by atoms with E-state index in [2.05, 4.69) is 35.9 Å². The third-order valence-electron chi connectivity index (χ3n) is 5.62. The van der Waals surface area contributed by atoms with E-state index in [0.29, 0.717) is 34.6 Å². The maximum Gasteiger partial charge on any atom is 0.323 e. The third-order valence-corrected chi connectivity index (χ3v) is 6.09. The second-order valence-electron chi connectivity index (χ2n) is 7.75. The van der Waals surface area contributed by atoms with Crippen LogP contribution in [-0.4, -0.2) is 54.3 Å². The highest BCUT2D eigenvalue weighted by molar-refractivity contribution is 6.32. The Bertz CT molecular complexity index is 1320. The molecule has 0 unspecified atom stereocenters. The van der Waals surface area contributed by atoms with E-state index < -0.39 is 6.03 Å². The first-order valence-electron chi connectivity index (χ1n) is 10.1. The lowest BCUT2D eigenvalue weighted by Crippen LogP contribution is -2.41. The van der Waals surface area contributed by atoms with Gasteiger partial charge in [0.2, 0.25) is 0 Å². The maximum atomic E-state index is 12.9. The quantitative estimate of drug-likeness (QED) is 0.424. The molecule has 13 heteroatoms. The van der Waals surface area contributed by atoms with Crippen LogP contribution in [0, 0.1) is 0 Å². The molecule has 0 spiro atoms. The summed E-state index contributed by atoms with van der Waals surface area (Å²) in [6.07, 6.45) is 8.96. The minimum Gasteiger partial charge on any atom is -0.384 e. The number of pyridine rings is 1. The van der Waals surface area contributed by atoms with E-state index in [-0.39, 0.29) is 10.4 Å². The Morgan fingerprint density at radius 3 is 2.61 bits per heavy atom. The molecule has 4 aromatic heterocycles. The molecule has 4 heterocycles. The Kier molecular flexibility index (Phi) is 5.60. The van der Waals surface area contributed by atoms with E-state index >= 15 is 0 Å². The number of urea groups is 1. The molecule has 11 nitrogen and oxygen atoms in total. The van der Waals surface area contributed by atoms with Crippen molar-refractivity contribution in [1.29, 1.82) is 0 Å². The summed E-state index contributed by atoms with van der Waals surface area (Å²) in [6.45, 7) is 0.488. The smallest absolute Gasteiger partial charge is 0.323 e. The van der Waals surface area contributed by atoms with Crippen molar-refractivity contribution >= 4 is 46.3 Å². The number of rotatable bonds is 6. The van der Waals surface area contributed by atoms with Gasteiger partial charge in [-0.15, -0.1) is 4.80 Å². The lowest BCUT2D eigenvalue weighted by atomic mass is 9.66. The van der Waals surface area contributed by atoms with E-state index in [9.17, 15) is 4.79 Å². The van der Waals surface area contributed by atoms with Crippen molar-refractivity contribution in [2.24, 2.45) is 0 Å². The molecule has 1 aliphatic rings. The Morgan fingerprint density at radius 2 is 1.94 bits per heavy atom. The van der Waals surface area contributed by atoms with Gasteiger partial charge in [-0.2, -0.15) is 15.3 Å². The first-order chi connectivity index (χ1) is 16.0. The third kappa shape index (κ3) is 3.99.